The zero-order valence-corrected chi connectivity index (χ0v) is 14.9. The molecule has 0 heterocycles. The zero-order chi connectivity index (χ0) is 17.2. The molecule has 2 rings (SSSR count). The Morgan fingerprint density at radius 3 is 2.52 bits per heavy atom. The van der Waals surface area contributed by atoms with E-state index in [1.807, 2.05) is 31.2 Å². The first-order valence-corrected chi connectivity index (χ1v) is 8.29. The Balaban J connectivity index is 1.85. The monoisotopic (exact) mass is 332 g/mol. The molecule has 2 N–H and O–H groups in total. The summed E-state index contributed by atoms with van der Waals surface area (Å²) in [4.78, 5) is 23.7. The SMILES string of the molecule is CC(=O)[C@@H]1C[C@@H](CC(=O)NC(=S)Nc2ccccc2C)C1(C)C. The van der Waals surface area contributed by atoms with Crippen LogP contribution in [0.4, 0.5) is 5.69 Å². The number of carbonyl (C=O) groups is 2. The van der Waals surface area contributed by atoms with E-state index in [1.165, 1.54) is 0 Å². The number of Topliss-reactive ketones (excluding diaryl/α,β-unsaturated/α-hetero) is 1. The average Bonchev–Trinajstić information content (AvgIpc) is 2.45. The highest BCUT2D eigenvalue weighted by atomic mass is 32.1. The summed E-state index contributed by atoms with van der Waals surface area (Å²) in [5.41, 5.74) is 1.83. The number of amides is 1. The number of thiocarbonyl (C=S) groups is 1. The molecule has 1 aromatic rings. The number of ketones is 1. The normalized spacial score (nSPS) is 21.9. The summed E-state index contributed by atoms with van der Waals surface area (Å²) in [5.74, 6) is 0.398. The number of anilines is 1. The van der Waals surface area contributed by atoms with Crippen LogP contribution in [0.25, 0.3) is 0 Å². The number of para-hydroxylation sites is 1. The third-order valence-electron chi connectivity index (χ3n) is 5.04. The summed E-state index contributed by atoms with van der Waals surface area (Å²) >= 11 is 5.20. The molecule has 0 radical (unpaired) electrons. The maximum atomic E-state index is 12.2. The van der Waals surface area contributed by atoms with Gasteiger partial charge in [0.25, 0.3) is 0 Å². The van der Waals surface area contributed by atoms with Gasteiger partial charge in [0.2, 0.25) is 5.91 Å². The van der Waals surface area contributed by atoms with E-state index in [0.29, 0.717) is 11.5 Å². The Hall–Kier alpha value is -1.75. The topological polar surface area (TPSA) is 58.2 Å². The standard InChI is InChI=1S/C18H24N2O2S/c1-11-7-5-6-8-15(11)19-17(23)20-16(22)10-13-9-14(12(2)21)18(13,3)4/h5-8,13-14H,9-10H2,1-4H3,(H2,19,20,22,23)/t13-,14-/m0/s1. The molecule has 0 saturated heterocycles. The van der Waals surface area contributed by atoms with Crippen molar-refractivity contribution in [1.29, 1.82) is 0 Å². The minimum atomic E-state index is -0.117. The molecular formula is C18H24N2O2S. The Kier molecular flexibility index (Phi) is 5.19. The molecule has 1 fully saturated rings. The van der Waals surface area contributed by atoms with Crippen LogP contribution in [0.1, 0.15) is 39.2 Å². The second kappa shape index (κ2) is 6.79. The van der Waals surface area contributed by atoms with Gasteiger partial charge in [-0.1, -0.05) is 32.0 Å². The lowest BCUT2D eigenvalue weighted by molar-refractivity contribution is -0.140. The van der Waals surface area contributed by atoms with E-state index in [4.69, 9.17) is 12.2 Å². The van der Waals surface area contributed by atoms with Crippen molar-refractivity contribution in [2.24, 2.45) is 17.3 Å². The predicted molar refractivity (Wildman–Crippen MR) is 96.2 cm³/mol. The maximum Gasteiger partial charge on any atom is 0.226 e. The van der Waals surface area contributed by atoms with Crippen molar-refractivity contribution in [3.8, 4) is 0 Å². The molecule has 1 aliphatic rings. The molecule has 0 aromatic heterocycles. The van der Waals surface area contributed by atoms with Crippen LogP contribution in [0.2, 0.25) is 0 Å². The van der Waals surface area contributed by atoms with Crippen LogP contribution in [0.3, 0.4) is 0 Å². The van der Waals surface area contributed by atoms with Crippen LogP contribution in [0.15, 0.2) is 24.3 Å². The molecule has 5 heteroatoms. The van der Waals surface area contributed by atoms with Crippen LogP contribution < -0.4 is 10.6 Å². The third-order valence-corrected chi connectivity index (χ3v) is 5.24. The number of hydrogen-bond acceptors (Lipinski definition) is 3. The van der Waals surface area contributed by atoms with Crippen molar-refractivity contribution in [3.63, 3.8) is 0 Å². The molecule has 0 unspecified atom stereocenters. The molecule has 23 heavy (non-hydrogen) atoms. The van der Waals surface area contributed by atoms with Crippen LogP contribution in [-0.2, 0) is 9.59 Å². The summed E-state index contributed by atoms with van der Waals surface area (Å²) in [6, 6.07) is 7.76. The molecule has 1 aromatic carbocycles. The molecule has 1 amide bonds. The second-order valence-corrected chi connectivity index (χ2v) is 7.35. The van der Waals surface area contributed by atoms with Crippen molar-refractivity contribution in [2.75, 3.05) is 5.32 Å². The molecule has 0 spiro atoms. The Labute approximate surface area is 143 Å². The smallest absolute Gasteiger partial charge is 0.226 e. The first-order chi connectivity index (χ1) is 10.7. The van der Waals surface area contributed by atoms with E-state index in [-0.39, 0.29) is 28.9 Å². The van der Waals surface area contributed by atoms with E-state index >= 15 is 0 Å². The fourth-order valence-electron chi connectivity index (χ4n) is 3.32. The minimum Gasteiger partial charge on any atom is -0.332 e. The lowest BCUT2D eigenvalue weighted by atomic mass is 9.52. The van der Waals surface area contributed by atoms with Crippen molar-refractivity contribution in [3.05, 3.63) is 29.8 Å². The Bertz CT molecular complexity index is 640. The molecule has 1 aliphatic carbocycles. The quantitative estimate of drug-likeness (QED) is 0.829. The van der Waals surface area contributed by atoms with Gasteiger partial charge in [-0.2, -0.15) is 0 Å². The van der Waals surface area contributed by atoms with Gasteiger partial charge in [-0.25, -0.2) is 0 Å². The van der Waals surface area contributed by atoms with Gasteiger partial charge in [0.1, 0.15) is 5.78 Å². The molecule has 124 valence electrons. The summed E-state index contributed by atoms with van der Waals surface area (Å²) in [5, 5.41) is 6.09. The molecule has 0 aliphatic heterocycles. The van der Waals surface area contributed by atoms with Crippen molar-refractivity contribution < 1.29 is 9.59 Å². The fourth-order valence-corrected chi connectivity index (χ4v) is 3.54. The van der Waals surface area contributed by atoms with Gasteiger partial charge in [0.05, 0.1) is 0 Å². The van der Waals surface area contributed by atoms with Crippen molar-refractivity contribution >= 4 is 34.7 Å². The van der Waals surface area contributed by atoms with Gasteiger partial charge in [0.15, 0.2) is 5.11 Å². The number of carbonyl (C=O) groups excluding carboxylic acids is 2. The first-order valence-electron chi connectivity index (χ1n) is 7.88. The number of rotatable bonds is 4. The van der Waals surface area contributed by atoms with E-state index in [1.54, 1.807) is 6.92 Å². The van der Waals surface area contributed by atoms with Gasteiger partial charge in [0, 0.05) is 18.0 Å². The van der Waals surface area contributed by atoms with E-state index in [2.05, 4.69) is 24.5 Å². The number of aryl methyl sites for hydroxylation is 1. The highest BCUT2D eigenvalue weighted by Gasteiger charge is 2.50. The average molecular weight is 332 g/mol. The number of hydrogen-bond donors (Lipinski definition) is 2. The van der Waals surface area contributed by atoms with E-state index < -0.39 is 0 Å². The fraction of sp³-hybridized carbons (Fsp3) is 0.500. The summed E-state index contributed by atoms with van der Waals surface area (Å²) in [6.07, 6.45) is 1.18. The van der Waals surface area contributed by atoms with Gasteiger partial charge >= 0.3 is 0 Å². The maximum absolute atomic E-state index is 12.2. The van der Waals surface area contributed by atoms with E-state index in [0.717, 1.165) is 17.7 Å². The zero-order valence-electron chi connectivity index (χ0n) is 14.1. The summed E-state index contributed by atoms with van der Waals surface area (Å²) in [6.45, 7) is 7.73. The van der Waals surface area contributed by atoms with Crippen LogP contribution >= 0.6 is 12.2 Å². The van der Waals surface area contributed by atoms with Crippen LogP contribution in [0, 0.1) is 24.2 Å². The van der Waals surface area contributed by atoms with Crippen molar-refractivity contribution in [1.82, 2.24) is 5.32 Å². The third kappa shape index (κ3) is 3.96. The molecule has 2 atom stereocenters. The van der Waals surface area contributed by atoms with Crippen LogP contribution in [0.5, 0.6) is 0 Å². The lowest BCUT2D eigenvalue weighted by Gasteiger charge is -2.51. The highest BCUT2D eigenvalue weighted by molar-refractivity contribution is 7.80. The van der Waals surface area contributed by atoms with Crippen LogP contribution in [-0.4, -0.2) is 16.8 Å². The number of benzene rings is 1. The molecule has 4 nitrogen and oxygen atoms in total. The largest absolute Gasteiger partial charge is 0.332 e. The molecular weight excluding hydrogens is 308 g/mol. The number of nitrogens with one attached hydrogen (secondary N) is 2. The van der Waals surface area contributed by atoms with Gasteiger partial charge in [-0.3, -0.25) is 9.59 Å². The Morgan fingerprint density at radius 2 is 1.96 bits per heavy atom. The predicted octanol–water partition coefficient (Wildman–Crippen LogP) is 3.45. The first kappa shape index (κ1) is 17.6. The lowest BCUT2D eigenvalue weighted by Crippen LogP contribution is -2.50. The van der Waals surface area contributed by atoms with Crippen molar-refractivity contribution in [2.45, 2.75) is 40.5 Å². The second-order valence-electron chi connectivity index (χ2n) is 6.94. The van der Waals surface area contributed by atoms with E-state index in [9.17, 15) is 9.59 Å². The van der Waals surface area contributed by atoms with Gasteiger partial charge < -0.3 is 10.6 Å². The van der Waals surface area contributed by atoms with Gasteiger partial charge in [-0.15, -0.1) is 0 Å². The minimum absolute atomic E-state index is 0.0670. The summed E-state index contributed by atoms with van der Waals surface area (Å²) < 4.78 is 0. The highest BCUT2D eigenvalue weighted by Crippen LogP contribution is 2.53. The Morgan fingerprint density at radius 1 is 1.30 bits per heavy atom. The molecule has 1 saturated carbocycles. The summed E-state index contributed by atoms with van der Waals surface area (Å²) in [7, 11) is 0. The van der Waals surface area contributed by atoms with Gasteiger partial charge in [-0.05, 0) is 55.4 Å². The molecule has 0 bridgehead atoms.